The zero-order chi connectivity index (χ0) is 21.3. The molecule has 0 saturated carbocycles. The lowest BCUT2D eigenvalue weighted by molar-refractivity contribution is 1.24. The Labute approximate surface area is 191 Å². The molecule has 0 aromatic carbocycles. The molecule has 6 nitrogen and oxygen atoms in total. The van der Waals surface area contributed by atoms with Crippen molar-refractivity contribution < 1.29 is 0 Å². The predicted octanol–water partition coefficient (Wildman–Crippen LogP) is 6.00. The molecule has 6 aromatic rings. The predicted molar refractivity (Wildman–Crippen MR) is 128 cm³/mol. The third kappa shape index (κ3) is 3.55. The maximum atomic E-state index is 4.80. The highest BCUT2D eigenvalue weighted by Crippen LogP contribution is 2.36. The first-order chi connectivity index (χ1) is 15.8. The lowest BCUT2D eigenvalue weighted by atomic mass is 10.2. The lowest BCUT2D eigenvalue weighted by Crippen LogP contribution is -1.89. The summed E-state index contributed by atoms with van der Waals surface area (Å²) in [6.07, 6.45) is 3.54. The summed E-state index contributed by atoms with van der Waals surface area (Å²) in [5.41, 5.74) is 4.97. The Morgan fingerprint density at radius 1 is 0.406 bits per heavy atom. The molecule has 0 radical (unpaired) electrons. The molecular formula is C24H14N6S2. The van der Waals surface area contributed by atoms with Gasteiger partial charge in [0.25, 0.3) is 0 Å². The molecule has 6 rings (SSSR count). The maximum absolute atomic E-state index is 4.80. The highest BCUT2D eigenvalue weighted by molar-refractivity contribution is 7.29. The minimum atomic E-state index is 0.820. The average molecular weight is 451 g/mol. The fourth-order valence-corrected chi connectivity index (χ4v) is 5.26. The van der Waals surface area contributed by atoms with E-state index in [1.54, 1.807) is 12.4 Å². The molecule has 0 unspecified atom stereocenters. The normalized spacial score (nSPS) is 11.1. The average Bonchev–Trinajstić information content (AvgIpc) is 3.45. The van der Waals surface area contributed by atoms with Gasteiger partial charge in [-0.05, 0) is 48.5 Å². The van der Waals surface area contributed by atoms with Crippen LogP contribution in [0, 0.1) is 0 Å². The Hall–Kier alpha value is -3.88. The van der Waals surface area contributed by atoms with Gasteiger partial charge in [0, 0.05) is 12.4 Å². The molecule has 0 spiro atoms. The molecule has 0 atom stereocenters. The maximum Gasteiger partial charge on any atom is 0.156 e. The van der Waals surface area contributed by atoms with Crippen molar-refractivity contribution in [2.75, 3.05) is 0 Å². The Morgan fingerprint density at radius 3 is 1.28 bits per heavy atom. The minimum absolute atomic E-state index is 0.820. The zero-order valence-electron chi connectivity index (χ0n) is 16.6. The highest BCUT2D eigenvalue weighted by Gasteiger charge is 2.15. The number of nitrogens with zero attached hydrogens (tertiary/aromatic N) is 6. The topological polar surface area (TPSA) is 77.3 Å². The SMILES string of the molecule is c1ccc(-c2cccc(-c3nc4sc(-c5cccc(-c6ccccn6)n5)nc4s3)n2)nc1. The van der Waals surface area contributed by atoms with Crippen molar-refractivity contribution >= 4 is 32.3 Å². The molecular weight excluding hydrogens is 436 g/mol. The third-order valence-electron chi connectivity index (χ3n) is 4.77. The van der Waals surface area contributed by atoms with E-state index in [9.17, 15) is 0 Å². The molecule has 32 heavy (non-hydrogen) atoms. The van der Waals surface area contributed by atoms with E-state index in [1.807, 2.05) is 72.8 Å². The number of rotatable bonds is 4. The number of hydrogen-bond donors (Lipinski definition) is 0. The molecule has 0 bridgehead atoms. The van der Waals surface area contributed by atoms with E-state index in [1.165, 1.54) is 22.7 Å². The zero-order valence-corrected chi connectivity index (χ0v) is 18.2. The van der Waals surface area contributed by atoms with Gasteiger partial charge in [0.15, 0.2) is 9.66 Å². The molecule has 0 fully saturated rings. The van der Waals surface area contributed by atoms with Gasteiger partial charge >= 0.3 is 0 Å². The van der Waals surface area contributed by atoms with Gasteiger partial charge in [-0.25, -0.2) is 19.9 Å². The van der Waals surface area contributed by atoms with Crippen molar-refractivity contribution in [3.05, 3.63) is 85.2 Å². The molecule has 0 amide bonds. The van der Waals surface area contributed by atoms with Crippen LogP contribution in [-0.2, 0) is 0 Å². The van der Waals surface area contributed by atoms with Crippen molar-refractivity contribution in [2.24, 2.45) is 0 Å². The monoisotopic (exact) mass is 450 g/mol. The van der Waals surface area contributed by atoms with Gasteiger partial charge in [0.05, 0.1) is 34.2 Å². The van der Waals surface area contributed by atoms with Crippen molar-refractivity contribution in [3.63, 3.8) is 0 Å². The van der Waals surface area contributed by atoms with Gasteiger partial charge in [-0.2, -0.15) is 0 Å². The number of aromatic nitrogens is 6. The molecule has 0 aliphatic carbocycles. The van der Waals surface area contributed by atoms with Crippen LogP contribution in [0.4, 0.5) is 0 Å². The lowest BCUT2D eigenvalue weighted by Gasteiger charge is -2.02. The van der Waals surface area contributed by atoms with Gasteiger partial charge in [0.2, 0.25) is 0 Å². The smallest absolute Gasteiger partial charge is 0.156 e. The van der Waals surface area contributed by atoms with Crippen molar-refractivity contribution in [1.82, 2.24) is 29.9 Å². The van der Waals surface area contributed by atoms with Crippen molar-refractivity contribution in [3.8, 4) is 44.2 Å². The number of hydrogen-bond acceptors (Lipinski definition) is 8. The highest BCUT2D eigenvalue weighted by atomic mass is 32.1. The molecule has 0 saturated heterocycles. The van der Waals surface area contributed by atoms with E-state index >= 15 is 0 Å². The second-order valence-electron chi connectivity index (χ2n) is 6.89. The van der Waals surface area contributed by atoms with Gasteiger partial charge < -0.3 is 0 Å². The molecule has 6 heterocycles. The van der Waals surface area contributed by atoms with Crippen molar-refractivity contribution in [2.45, 2.75) is 0 Å². The summed E-state index contributed by atoms with van der Waals surface area (Å²) in [5, 5.41) is 1.69. The quantitative estimate of drug-likeness (QED) is 0.328. The van der Waals surface area contributed by atoms with E-state index < -0.39 is 0 Å². The van der Waals surface area contributed by atoms with Crippen LogP contribution in [-0.4, -0.2) is 29.9 Å². The van der Waals surface area contributed by atoms with E-state index in [-0.39, 0.29) is 0 Å². The number of fused-ring (bicyclic) bond motifs is 1. The van der Waals surface area contributed by atoms with E-state index in [0.29, 0.717) is 0 Å². The van der Waals surface area contributed by atoms with Crippen LogP contribution in [0.15, 0.2) is 85.2 Å². The van der Waals surface area contributed by atoms with Crippen LogP contribution < -0.4 is 0 Å². The van der Waals surface area contributed by atoms with Crippen LogP contribution in [0.2, 0.25) is 0 Å². The molecule has 0 N–H and O–H groups in total. The summed E-state index contributed by atoms with van der Waals surface area (Å²) in [4.78, 5) is 29.7. The Balaban J connectivity index is 1.34. The molecule has 0 aliphatic heterocycles. The fraction of sp³-hybridized carbons (Fsp3) is 0. The number of thiazole rings is 2. The standard InChI is InChI=1S/C24H14N6S2/c1-3-13-25-15(7-1)17-9-5-11-19(27-17)21-29-23-24(31-21)30-22(32-23)20-12-6-10-18(28-20)16-8-2-4-14-26-16/h1-14H. The molecule has 8 heteroatoms. The fourth-order valence-electron chi connectivity index (χ4n) is 3.28. The molecule has 6 aromatic heterocycles. The van der Waals surface area contributed by atoms with Gasteiger partial charge in [-0.3, -0.25) is 9.97 Å². The molecule has 0 aliphatic rings. The Morgan fingerprint density at radius 2 is 0.844 bits per heavy atom. The Bertz CT molecular complexity index is 1380. The van der Waals surface area contributed by atoms with Crippen LogP contribution in [0.3, 0.4) is 0 Å². The van der Waals surface area contributed by atoms with Crippen LogP contribution >= 0.6 is 22.7 Å². The van der Waals surface area contributed by atoms with Gasteiger partial charge in [0.1, 0.15) is 10.0 Å². The van der Waals surface area contributed by atoms with Gasteiger partial charge in [-0.1, -0.05) is 46.9 Å². The summed E-state index contributed by atoms with van der Waals surface area (Å²) >= 11 is 3.07. The largest absolute Gasteiger partial charge is 0.255 e. The summed E-state index contributed by atoms with van der Waals surface area (Å²) in [5.74, 6) is 0. The third-order valence-corrected chi connectivity index (χ3v) is 6.84. The summed E-state index contributed by atoms with van der Waals surface area (Å²) in [7, 11) is 0. The van der Waals surface area contributed by atoms with Crippen LogP contribution in [0.1, 0.15) is 0 Å². The van der Waals surface area contributed by atoms with Gasteiger partial charge in [-0.15, -0.1) is 0 Å². The first-order valence-electron chi connectivity index (χ1n) is 9.88. The Kier molecular flexibility index (Phi) is 4.71. The van der Waals surface area contributed by atoms with E-state index in [2.05, 4.69) is 9.97 Å². The van der Waals surface area contributed by atoms with E-state index in [4.69, 9.17) is 19.9 Å². The summed E-state index contributed by atoms with van der Waals surface area (Å²) in [6, 6.07) is 23.4. The van der Waals surface area contributed by atoms with Crippen LogP contribution in [0.25, 0.3) is 53.8 Å². The number of pyridine rings is 4. The second-order valence-corrected chi connectivity index (χ2v) is 8.85. The summed E-state index contributed by atoms with van der Waals surface area (Å²) < 4.78 is 0. The minimum Gasteiger partial charge on any atom is -0.255 e. The summed E-state index contributed by atoms with van der Waals surface area (Å²) in [6.45, 7) is 0. The second kappa shape index (κ2) is 7.99. The first kappa shape index (κ1) is 18.9. The van der Waals surface area contributed by atoms with E-state index in [0.717, 1.165) is 53.8 Å². The van der Waals surface area contributed by atoms with Crippen molar-refractivity contribution in [1.29, 1.82) is 0 Å². The first-order valence-corrected chi connectivity index (χ1v) is 11.5. The molecule has 152 valence electrons. The van der Waals surface area contributed by atoms with Crippen LogP contribution in [0.5, 0.6) is 0 Å².